The smallest absolute Gasteiger partial charge is 0.282 e. The predicted octanol–water partition coefficient (Wildman–Crippen LogP) is 0.414. The number of hydrogen-bond donors (Lipinski definition) is 1. The molecule has 0 aromatic carbocycles. The summed E-state index contributed by atoms with van der Waals surface area (Å²) in [5, 5.41) is 1.59. The lowest BCUT2D eigenvalue weighted by Gasteiger charge is -2.14. The van der Waals surface area contributed by atoms with E-state index >= 15 is 0 Å². The van der Waals surface area contributed by atoms with Gasteiger partial charge in [0, 0.05) is 13.2 Å². The number of hydrogen-bond acceptors (Lipinski definition) is 6. The summed E-state index contributed by atoms with van der Waals surface area (Å²) in [6.45, 7) is 0. The van der Waals surface area contributed by atoms with Crippen molar-refractivity contribution in [3.63, 3.8) is 0 Å². The fourth-order valence-electron chi connectivity index (χ4n) is 0.894. The van der Waals surface area contributed by atoms with Crippen molar-refractivity contribution in [1.82, 2.24) is 15.0 Å². The SMILES string of the molecule is CON(C)C(=O)c1cnc(SC)nc1N. The van der Waals surface area contributed by atoms with Crippen LogP contribution in [0.5, 0.6) is 0 Å². The number of aromatic nitrogens is 2. The lowest BCUT2D eigenvalue weighted by molar-refractivity contribution is -0.0756. The Morgan fingerprint density at radius 3 is 2.80 bits per heavy atom. The number of rotatable bonds is 3. The van der Waals surface area contributed by atoms with Crippen molar-refractivity contribution in [1.29, 1.82) is 0 Å². The maximum Gasteiger partial charge on any atom is 0.282 e. The zero-order valence-electron chi connectivity index (χ0n) is 8.72. The summed E-state index contributed by atoms with van der Waals surface area (Å²) >= 11 is 1.36. The van der Waals surface area contributed by atoms with E-state index in [1.54, 1.807) is 0 Å². The molecule has 1 aromatic heterocycles. The van der Waals surface area contributed by atoms with E-state index in [0.717, 1.165) is 5.06 Å². The second kappa shape index (κ2) is 4.94. The maximum absolute atomic E-state index is 11.6. The summed E-state index contributed by atoms with van der Waals surface area (Å²) < 4.78 is 0. The molecule has 15 heavy (non-hydrogen) atoms. The summed E-state index contributed by atoms with van der Waals surface area (Å²) in [5.41, 5.74) is 5.86. The number of carbonyl (C=O) groups excluding carboxylic acids is 1. The number of nitrogen functional groups attached to an aromatic ring is 1. The van der Waals surface area contributed by atoms with Gasteiger partial charge in [-0.3, -0.25) is 9.63 Å². The molecule has 7 heteroatoms. The van der Waals surface area contributed by atoms with Gasteiger partial charge >= 0.3 is 0 Å². The Kier molecular flexibility index (Phi) is 3.87. The minimum Gasteiger partial charge on any atom is -0.383 e. The lowest BCUT2D eigenvalue weighted by Crippen LogP contribution is -2.26. The Morgan fingerprint density at radius 2 is 2.33 bits per heavy atom. The minimum absolute atomic E-state index is 0.156. The topological polar surface area (TPSA) is 81.3 Å². The van der Waals surface area contributed by atoms with E-state index in [1.165, 1.54) is 32.1 Å². The van der Waals surface area contributed by atoms with Crippen LogP contribution >= 0.6 is 11.8 Å². The van der Waals surface area contributed by atoms with Crippen LogP contribution in [0.15, 0.2) is 11.4 Å². The molecule has 1 rings (SSSR count). The summed E-state index contributed by atoms with van der Waals surface area (Å²) in [7, 11) is 2.88. The highest BCUT2D eigenvalue weighted by Crippen LogP contribution is 2.14. The van der Waals surface area contributed by atoms with E-state index in [9.17, 15) is 4.79 Å². The van der Waals surface area contributed by atoms with Gasteiger partial charge in [-0.15, -0.1) is 0 Å². The van der Waals surface area contributed by atoms with Crippen molar-refractivity contribution < 1.29 is 9.63 Å². The van der Waals surface area contributed by atoms with Crippen molar-refractivity contribution in [2.75, 3.05) is 26.1 Å². The third-order valence-corrected chi connectivity index (χ3v) is 2.33. The average molecular weight is 228 g/mol. The van der Waals surface area contributed by atoms with Gasteiger partial charge in [-0.25, -0.2) is 15.0 Å². The highest BCUT2D eigenvalue weighted by molar-refractivity contribution is 7.98. The molecular weight excluding hydrogens is 216 g/mol. The number of hydroxylamine groups is 2. The van der Waals surface area contributed by atoms with Crippen molar-refractivity contribution in [3.8, 4) is 0 Å². The van der Waals surface area contributed by atoms with Crippen molar-refractivity contribution in [2.24, 2.45) is 0 Å². The zero-order chi connectivity index (χ0) is 11.4. The van der Waals surface area contributed by atoms with Crippen LogP contribution < -0.4 is 5.73 Å². The molecule has 0 aliphatic carbocycles. The van der Waals surface area contributed by atoms with E-state index < -0.39 is 0 Å². The first-order valence-electron chi connectivity index (χ1n) is 4.08. The van der Waals surface area contributed by atoms with Gasteiger partial charge in [-0.05, 0) is 6.26 Å². The van der Waals surface area contributed by atoms with Crippen LogP contribution in [0.2, 0.25) is 0 Å². The minimum atomic E-state index is -0.373. The highest BCUT2D eigenvalue weighted by Gasteiger charge is 2.16. The first-order chi connectivity index (χ1) is 7.10. The van der Waals surface area contributed by atoms with Crippen LogP contribution in [-0.4, -0.2) is 41.4 Å². The van der Waals surface area contributed by atoms with Gasteiger partial charge in [0.2, 0.25) is 0 Å². The Bertz CT molecular complexity index is 372. The van der Waals surface area contributed by atoms with E-state index in [1.807, 2.05) is 6.26 Å². The van der Waals surface area contributed by atoms with Gasteiger partial charge in [-0.1, -0.05) is 11.8 Å². The molecule has 0 fully saturated rings. The fourth-order valence-corrected chi connectivity index (χ4v) is 1.24. The van der Waals surface area contributed by atoms with Crippen LogP contribution in [-0.2, 0) is 4.84 Å². The molecule has 82 valence electrons. The van der Waals surface area contributed by atoms with E-state index in [4.69, 9.17) is 10.6 Å². The molecule has 1 amide bonds. The van der Waals surface area contributed by atoms with Gasteiger partial charge in [0.15, 0.2) is 5.16 Å². The molecule has 0 atom stereocenters. The molecule has 1 heterocycles. The van der Waals surface area contributed by atoms with Gasteiger partial charge in [-0.2, -0.15) is 0 Å². The molecule has 1 aromatic rings. The summed E-state index contributed by atoms with van der Waals surface area (Å²) in [4.78, 5) is 24.3. The van der Waals surface area contributed by atoms with Crippen LogP contribution in [0.25, 0.3) is 0 Å². The predicted molar refractivity (Wildman–Crippen MR) is 57.3 cm³/mol. The average Bonchev–Trinajstić information content (AvgIpc) is 2.26. The highest BCUT2D eigenvalue weighted by atomic mass is 32.2. The Labute approximate surface area is 91.8 Å². The van der Waals surface area contributed by atoms with Crippen LogP contribution in [0.3, 0.4) is 0 Å². The third-order valence-electron chi connectivity index (χ3n) is 1.77. The van der Waals surface area contributed by atoms with Crippen LogP contribution in [0.4, 0.5) is 5.82 Å². The molecule has 2 N–H and O–H groups in total. The fraction of sp³-hybridized carbons (Fsp3) is 0.375. The van der Waals surface area contributed by atoms with Gasteiger partial charge in [0.1, 0.15) is 11.4 Å². The first-order valence-corrected chi connectivity index (χ1v) is 5.31. The lowest BCUT2D eigenvalue weighted by atomic mass is 10.3. The second-order valence-electron chi connectivity index (χ2n) is 2.64. The Hall–Kier alpha value is -1.34. The number of nitrogens with zero attached hydrogens (tertiary/aromatic N) is 3. The van der Waals surface area contributed by atoms with Crippen LogP contribution in [0, 0.1) is 0 Å². The van der Waals surface area contributed by atoms with E-state index in [2.05, 4.69) is 9.97 Å². The summed E-state index contributed by atoms with van der Waals surface area (Å²) in [6.07, 6.45) is 3.23. The molecule has 0 aliphatic rings. The van der Waals surface area contributed by atoms with Crippen molar-refractivity contribution >= 4 is 23.5 Å². The number of thioether (sulfide) groups is 1. The molecule has 0 saturated carbocycles. The Morgan fingerprint density at radius 1 is 1.67 bits per heavy atom. The standard InChI is InChI=1S/C8H12N4O2S/c1-12(14-2)7(13)5-4-10-8(15-3)11-6(5)9/h4H,1-3H3,(H2,9,10,11). The summed E-state index contributed by atoms with van der Waals surface area (Å²) in [5.74, 6) is -0.217. The Balaban J connectivity index is 3.00. The monoisotopic (exact) mass is 228 g/mol. The van der Waals surface area contributed by atoms with E-state index in [-0.39, 0.29) is 17.3 Å². The van der Waals surface area contributed by atoms with Crippen molar-refractivity contribution in [2.45, 2.75) is 5.16 Å². The molecule has 0 saturated heterocycles. The molecule has 0 spiro atoms. The molecule has 0 bridgehead atoms. The second-order valence-corrected chi connectivity index (χ2v) is 3.41. The quantitative estimate of drug-likeness (QED) is 0.458. The molecular formula is C8H12N4O2S. The third kappa shape index (κ3) is 2.57. The van der Waals surface area contributed by atoms with Crippen molar-refractivity contribution in [3.05, 3.63) is 11.8 Å². The normalized spacial score (nSPS) is 10.1. The van der Waals surface area contributed by atoms with Gasteiger partial charge in [0.05, 0.1) is 7.11 Å². The largest absolute Gasteiger partial charge is 0.383 e. The molecule has 0 aliphatic heterocycles. The number of nitrogens with two attached hydrogens (primary N) is 1. The van der Waals surface area contributed by atoms with Gasteiger partial charge < -0.3 is 5.73 Å². The maximum atomic E-state index is 11.6. The zero-order valence-corrected chi connectivity index (χ0v) is 9.54. The van der Waals surface area contributed by atoms with E-state index in [0.29, 0.717) is 5.16 Å². The molecule has 6 nitrogen and oxygen atoms in total. The number of carbonyl (C=O) groups is 1. The molecule has 0 unspecified atom stereocenters. The first kappa shape index (κ1) is 11.7. The van der Waals surface area contributed by atoms with Crippen LogP contribution in [0.1, 0.15) is 10.4 Å². The molecule has 0 radical (unpaired) electrons. The number of amides is 1. The summed E-state index contributed by atoms with van der Waals surface area (Å²) in [6, 6.07) is 0. The van der Waals surface area contributed by atoms with Gasteiger partial charge in [0.25, 0.3) is 5.91 Å². The number of anilines is 1.